The second kappa shape index (κ2) is 6.71. The van der Waals surface area contributed by atoms with E-state index in [4.69, 9.17) is 0 Å². The van der Waals surface area contributed by atoms with Crippen molar-refractivity contribution in [2.75, 3.05) is 18.0 Å². The average Bonchev–Trinajstić information content (AvgIpc) is 3.08. The molecule has 1 saturated heterocycles. The van der Waals surface area contributed by atoms with Gasteiger partial charge in [0.05, 0.1) is 6.04 Å². The van der Waals surface area contributed by atoms with Gasteiger partial charge in [-0.05, 0) is 36.5 Å². The van der Waals surface area contributed by atoms with E-state index in [-0.39, 0.29) is 6.04 Å². The Kier molecular flexibility index (Phi) is 4.26. The Bertz CT molecular complexity index is 795. The van der Waals surface area contributed by atoms with Crippen molar-refractivity contribution in [3.8, 4) is 0 Å². The summed E-state index contributed by atoms with van der Waals surface area (Å²) in [5.41, 5.74) is 5.27. The summed E-state index contributed by atoms with van der Waals surface area (Å²) >= 11 is 0. The highest BCUT2D eigenvalue weighted by Gasteiger charge is 2.32. The van der Waals surface area contributed by atoms with Crippen LogP contribution < -0.4 is 4.90 Å². The van der Waals surface area contributed by atoms with E-state index >= 15 is 0 Å². The predicted molar refractivity (Wildman–Crippen MR) is 101 cm³/mol. The maximum atomic E-state index is 11.2. The third-order valence-corrected chi connectivity index (χ3v) is 5.33. The zero-order chi connectivity index (χ0) is 17.2. The summed E-state index contributed by atoms with van der Waals surface area (Å²) in [5.74, 6) is 0.691. The van der Waals surface area contributed by atoms with E-state index in [1.165, 1.54) is 27.4 Å². The minimum atomic E-state index is 0.0316. The SMILES string of the molecule is Cc1ccccc1CC1CN(c2ccccc2C2CC=NN2C=O)C1. The maximum Gasteiger partial charge on any atom is 0.230 e. The molecule has 0 bridgehead atoms. The third-order valence-electron chi connectivity index (χ3n) is 5.33. The van der Waals surface area contributed by atoms with E-state index in [2.05, 4.69) is 59.4 Å². The number of para-hydroxylation sites is 1. The quantitative estimate of drug-likeness (QED) is 0.784. The van der Waals surface area contributed by atoms with E-state index in [9.17, 15) is 4.79 Å². The van der Waals surface area contributed by atoms with Gasteiger partial charge in [-0.25, -0.2) is 5.01 Å². The molecule has 4 nitrogen and oxygen atoms in total. The van der Waals surface area contributed by atoms with Crippen LogP contribution in [0, 0.1) is 12.8 Å². The lowest BCUT2D eigenvalue weighted by Crippen LogP contribution is -2.48. The average molecular weight is 333 g/mol. The van der Waals surface area contributed by atoms with Crippen LogP contribution in [0.3, 0.4) is 0 Å². The van der Waals surface area contributed by atoms with Gasteiger partial charge in [-0.2, -0.15) is 5.10 Å². The molecular weight excluding hydrogens is 310 g/mol. The van der Waals surface area contributed by atoms with Crippen LogP contribution in [0.15, 0.2) is 53.6 Å². The van der Waals surface area contributed by atoms with Crippen molar-refractivity contribution in [3.63, 3.8) is 0 Å². The van der Waals surface area contributed by atoms with Gasteiger partial charge in [0.1, 0.15) is 0 Å². The molecule has 2 aliphatic rings. The second-order valence-corrected chi connectivity index (χ2v) is 7.00. The van der Waals surface area contributed by atoms with E-state index in [0.717, 1.165) is 32.3 Å². The number of aryl methyl sites for hydroxylation is 1. The van der Waals surface area contributed by atoms with E-state index in [1.807, 2.05) is 12.3 Å². The van der Waals surface area contributed by atoms with Crippen LogP contribution in [0.25, 0.3) is 0 Å². The molecule has 4 heteroatoms. The largest absolute Gasteiger partial charge is 0.371 e. The number of nitrogens with zero attached hydrogens (tertiary/aromatic N) is 3. The molecule has 0 saturated carbocycles. The molecule has 0 radical (unpaired) electrons. The van der Waals surface area contributed by atoms with Gasteiger partial charge >= 0.3 is 0 Å². The molecule has 2 aliphatic heterocycles. The Morgan fingerprint density at radius 3 is 2.68 bits per heavy atom. The molecule has 0 aromatic heterocycles. The first kappa shape index (κ1) is 15.9. The lowest BCUT2D eigenvalue weighted by molar-refractivity contribution is -0.119. The minimum absolute atomic E-state index is 0.0316. The first-order valence-electron chi connectivity index (χ1n) is 8.90. The summed E-state index contributed by atoms with van der Waals surface area (Å²) < 4.78 is 0. The molecule has 4 rings (SSSR count). The van der Waals surface area contributed by atoms with Crippen LogP contribution in [-0.2, 0) is 11.2 Å². The number of amides is 1. The van der Waals surface area contributed by atoms with Crippen molar-refractivity contribution in [2.45, 2.75) is 25.8 Å². The Morgan fingerprint density at radius 2 is 1.88 bits per heavy atom. The summed E-state index contributed by atoms with van der Waals surface area (Å²) in [7, 11) is 0. The van der Waals surface area contributed by atoms with Gasteiger partial charge in [-0.3, -0.25) is 4.79 Å². The fourth-order valence-corrected chi connectivity index (χ4v) is 3.90. The highest BCUT2D eigenvalue weighted by molar-refractivity contribution is 5.68. The molecule has 128 valence electrons. The van der Waals surface area contributed by atoms with Gasteiger partial charge in [0, 0.05) is 37.0 Å². The Morgan fingerprint density at radius 1 is 1.12 bits per heavy atom. The molecule has 1 fully saturated rings. The normalized spacial score (nSPS) is 20.0. The molecular formula is C21H23N3O. The fraction of sp³-hybridized carbons (Fsp3) is 0.333. The smallest absolute Gasteiger partial charge is 0.230 e. The number of hydrogen-bond acceptors (Lipinski definition) is 3. The van der Waals surface area contributed by atoms with Crippen molar-refractivity contribution in [1.29, 1.82) is 0 Å². The molecule has 2 aromatic carbocycles. The summed E-state index contributed by atoms with van der Waals surface area (Å²) in [6.45, 7) is 4.33. The van der Waals surface area contributed by atoms with E-state index in [1.54, 1.807) is 0 Å². The second-order valence-electron chi connectivity index (χ2n) is 7.00. The van der Waals surface area contributed by atoms with Gasteiger partial charge in [-0.15, -0.1) is 0 Å². The van der Waals surface area contributed by atoms with Crippen LogP contribution in [-0.4, -0.2) is 30.7 Å². The van der Waals surface area contributed by atoms with Crippen molar-refractivity contribution in [1.82, 2.24) is 5.01 Å². The zero-order valence-corrected chi connectivity index (χ0v) is 14.5. The number of hydrogen-bond donors (Lipinski definition) is 0. The van der Waals surface area contributed by atoms with Gasteiger partial charge in [-0.1, -0.05) is 42.5 Å². The van der Waals surface area contributed by atoms with Crippen LogP contribution in [0.2, 0.25) is 0 Å². The topological polar surface area (TPSA) is 35.9 Å². The third kappa shape index (κ3) is 3.04. The van der Waals surface area contributed by atoms with Crippen LogP contribution in [0.4, 0.5) is 5.69 Å². The minimum Gasteiger partial charge on any atom is -0.371 e. The number of anilines is 1. The van der Waals surface area contributed by atoms with Crippen LogP contribution in [0.5, 0.6) is 0 Å². The Labute approximate surface area is 148 Å². The number of benzene rings is 2. The monoisotopic (exact) mass is 333 g/mol. The predicted octanol–water partition coefficient (Wildman–Crippen LogP) is 3.56. The molecule has 0 N–H and O–H groups in total. The van der Waals surface area contributed by atoms with Crippen LogP contribution in [0.1, 0.15) is 29.2 Å². The molecule has 2 aromatic rings. The van der Waals surface area contributed by atoms with Crippen molar-refractivity contribution >= 4 is 18.3 Å². The first-order valence-corrected chi connectivity index (χ1v) is 8.90. The Hall–Kier alpha value is -2.62. The van der Waals surface area contributed by atoms with Gasteiger partial charge < -0.3 is 4.90 Å². The summed E-state index contributed by atoms with van der Waals surface area (Å²) in [5, 5.41) is 5.69. The number of carbonyl (C=O) groups excluding carboxylic acids is 1. The maximum absolute atomic E-state index is 11.2. The first-order chi connectivity index (χ1) is 12.3. The van der Waals surface area contributed by atoms with Gasteiger partial charge in [0.15, 0.2) is 0 Å². The van der Waals surface area contributed by atoms with Gasteiger partial charge in [0.2, 0.25) is 6.41 Å². The van der Waals surface area contributed by atoms with Crippen molar-refractivity contribution in [3.05, 3.63) is 65.2 Å². The fourth-order valence-electron chi connectivity index (χ4n) is 3.90. The Balaban J connectivity index is 1.46. The lowest BCUT2D eigenvalue weighted by Gasteiger charge is -2.43. The zero-order valence-electron chi connectivity index (χ0n) is 14.5. The van der Waals surface area contributed by atoms with Crippen LogP contribution >= 0.6 is 0 Å². The molecule has 25 heavy (non-hydrogen) atoms. The van der Waals surface area contributed by atoms with Crippen molar-refractivity contribution in [2.24, 2.45) is 11.0 Å². The molecule has 1 atom stereocenters. The molecule has 2 heterocycles. The lowest BCUT2D eigenvalue weighted by atomic mass is 9.89. The summed E-state index contributed by atoms with van der Waals surface area (Å²) in [6.07, 6.45) is 4.57. The van der Waals surface area contributed by atoms with E-state index in [0.29, 0.717) is 5.92 Å². The number of carbonyl (C=O) groups is 1. The molecule has 1 amide bonds. The summed E-state index contributed by atoms with van der Waals surface area (Å²) in [4.78, 5) is 13.7. The molecule has 1 unspecified atom stereocenters. The highest BCUT2D eigenvalue weighted by atomic mass is 16.1. The molecule has 0 aliphatic carbocycles. The standard InChI is InChI=1S/C21H23N3O/c1-16-6-2-3-7-18(16)12-17-13-23(14-17)20-9-5-4-8-19(20)21-10-11-22-24(21)15-25/h2-9,11,15,17,21H,10,12-14H2,1H3. The summed E-state index contributed by atoms with van der Waals surface area (Å²) in [6, 6.07) is 17.1. The molecule has 0 spiro atoms. The van der Waals surface area contributed by atoms with E-state index < -0.39 is 0 Å². The number of hydrazone groups is 1. The highest BCUT2D eigenvalue weighted by Crippen LogP contribution is 2.37. The van der Waals surface area contributed by atoms with Crippen molar-refractivity contribution < 1.29 is 4.79 Å². The van der Waals surface area contributed by atoms with Gasteiger partial charge in [0.25, 0.3) is 0 Å². The number of rotatable bonds is 5.